The van der Waals surface area contributed by atoms with Crippen LogP contribution < -0.4 is 10.1 Å². The molecule has 1 fully saturated rings. The lowest BCUT2D eigenvalue weighted by atomic mass is 10.0. The Balaban J connectivity index is 2.02. The second-order valence-electron chi connectivity index (χ2n) is 4.65. The largest absolute Gasteiger partial charge is 0.497 e. The molecular weight excluding hydrogens is 294 g/mol. The molecule has 1 aliphatic rings. The number of anilines is 1. The van der Waals surface area contributed by atoms with Gasteiger partial charge in [-0.25, -0.2) is 0 Å². The van der Waals surface area contributed by atoms with E-state index in [1.54, 1.807) is 7.11 Å². The number of hydrogen-bond donors (Lipinski definition) is 1. The molecule has 0 aliphatic carbocycles. The smallest absolute Gasteiger partial charge is 0.122 e. The minimum absolute atomic E-state index is 0.394. The first-order valence-electron chi connectivity index (χ1n) is 6.44. The van der Waals surface area contributed by atoms with E-state index in [1.165, 1.54) is 0 Å². The summed E-state index contributed by atoms with van der Waals surface area (Å²) in [5.74, 6) is 0.867. The highest BCUT2D eigenvalue weighted by molar-refractivity contribution is 9.10. The summed E-state index contributed by atoms with van der Waals surface area (Å²) < 4.78 is 12.0. The summed E-state index contributed by atoms with van der Waals surface area (Å²) in [5, 5.41) is 3.57. The van der Waals surface area contributed by atoms with E-state index < -0.39 is 0 Å². The van der Waals surface area contributed by atoms with Crippen molar-refractivity contribution in [1.29, 1.82) is 0 Å². The van der Waals surface area contributed by atoms with E-state index in [2.05, 4.69) is 34.2 Å². The third kappa shape index (κ3) is 3.62. The van der Waals surface area contributed by atoms with E-state index in [0.29, 0.717) is 12.1 Å². The lowest BCUT2D eigenvalue weighted by Crippen LogP contribution is -2.33. The molecule has 2 atom stereocenters. The summed E-state index contributed by atoms with van der Waals surface area (Å²) in [6.07, 6.45) is 3.61. The van der Waals surface area contributed by atoms with E-state index in [1.807, 2.05) is 12.1 Å². The van der Waals surface area contributed by atoms with Crippen LogP contribution in [0.1, 0.15) is 26.2 Å². The van der Waals surface area contributed by atoms with Gasteiger partial charge in [-0.1, -0.05) is 22.9 Å². The highest BCUT2D eigenvalue weighted by Gasteiger charge is 2.21. The number of halogens is 1. The zero-order valence-corrected chi connectivity index (χ0v) is 12.5. The molecule has 0 bridgehead atoms. The third-order valence-corrected chi connectivity index (χ3v) is 3.76. The molecule has 1 saturated heterocycles. The standard InChI is InChI=1S/C14H20BrNO2/c1-3-13-8-11(4-5-18-13)16-12-6-10(15)7-14(9-12)17-2/h6-7,9,11,13,16H,3-5,8H2,1-2H3. The monoisotopic (exact) mass is 313 g/mol. The number of methoxy groups -OCH3 is 1. The van der Waals surface area contributed by atoms with Crippen molar-refractivity contribution in [2.75, 3.05) is 19.0 Å². The maximum Gasteiger partial charge on any atom is 0.122 e. The maximum absolute atomic E-state index is 5.69. The fourth-order valence-electron chi connectivity index (χ4n) is 2.30. The van der Waals surface area contributed by atoms with Crippen molar-refractivity contribution in [3.8, 4) is 5.75 Å². The Labute approximate surface area is 117 Å². The number of rotatable bonds is 4. The van der Waals surface area contributed by atoms with Gasteiger partial charge in [0.15, 0.2) is 0 Å². The van der Waals surface area contributed by atoms with Crippen LogP contribution in [0.25, 0.3) is 0 Å². The Bertz CT molecular complexity index is 397. The Morgan fingerprint density at radius 2 is 2.28 bits per heavy atom. The lowest BCUT2D eigenvalue weighted by molar-refractivity contribution is 0.00925. The maximum atomic E-state index is 5.69. The average Bonchev–Trinajstić information content (AvgIpc) is 2.38. The highest BCUT2D eigenvalue weighted by atomic mass is 79.9. The number of nitrogens with one attached hydrogen (secondary N) is 1. The summed E-state index contributed by atoms with van der Waals surface area (Å²) in [7, 11) is 1.69. The van der Waals surface area contributed by atoms with Crippen LogP contribution in [-0.2, 0) is 4.74 Å². The quantitative estimate of drug-likeness (QED) is 0.916. The van der Waals surface area contributed by atoms with Gasteiger partial charge in [0.05, 0.1) is 13.2 Å². The molecule has 4 heteroatoms. The van der Waals surface area contributed by atoms with Crippen LogP contribution in [0.3, 0.4) is 0 Å². The molecule has 1 aliphatic heterocycles. The molecule has 1 aromatic rings. The SMILES string of the molecule is CCC1CC(Nc2cc(Br)cc(OC)c2)CCO1. The summed E-state index contributed by atoms with van der Waals surface area (Å²) in [6.45, 7) is 3.02. The second-order valence-corrected chi connectivity index (χ2v) is 5.56. The molecule has 18 heavy (non-hydrogen) atoms. The fourth-order valence-corrected chi connectivity index (χ4v) is 2.77. The molecule has 1 aromatic carbocycles. The van der Waals surface area contributed by atoms with E-state index in [-0.39, 0.29) is 0 Å². The van der Waals surface area contributed by atoms with Crippen molar-refractivity contribution >= 4 is 21.6 Å². The van der Waals surface area contributed by atoms with Crippen LogP contribution in [0, 0.1) is 0 Å². The molecule has 2 rings (SSSR count). The second kappa shape index (κ2) is 6.43. The number of ether oxygens (including phenoxy) is 2. The predicted molar refractivity (Wildman–Crippen MR) is 77.4 cm³/mol. The molecule has 0 aromatic heterocycles. The van der Waals surface area contributed by atoms with Gasteiger partial charge in [-0.2, -0.15) is 0 Å². The topological polar surface area (TPSA) is 30.5 Å². The molecule has 1 N–H and O–H groups in total. The van der Waals surface area contributed by atoms with Crippen LogP contribution >= 0.6 is 15.9 Å². The van der Waals surface area contributed by atoms with Crippen molar-refractivity contribution < 1.29 is 9.47 Å². The van der Waals surface area contributed by atoms with Gasteiger partial charge in [-0.3, -0.25) is 0 Å². The summed E-state index contributed by atoms with van der Waals surface area (Å²) >= 11 is 3.50. The van der Waals surface area contributed by atoms with Crippen molar-refractivity contribution in [2.24, 2.45) is 0 Å². The van der Waals surface area contributed by atoms with E-state index in [0.717, 1.165) is 41.8 Å². The van der Waals surface area contributed by atoms with Crippen molar-refractivity contribution in [1.82, 2.24) is 0 Å². The van der Waals surface area contributed by atoms with Gasteiger partial charge < -0.3 is 14.8 Å². The third-order valence-electron chi connectivity index (χ3n) is 3.30. The molecule has 0 amide bonds. The zero-order valence-electron chi connectivity index (χ0n) is 10.9. The Morgan fingerprint density at radius 1 is 1.44 bits per heavy atom. The van der Waals surface area contributed by atoms with Crippen LogP contribution in [0.5, 0.6) is 5.75 Å². The molecule has 2 unspecified atom stereocenters. The first-order valence-corrected chi connectivity index (χ1v) is 7.23. The summed E-state index contributed by atoms with van der Waals surface area (Å²) in [6, 6.07) is 6.56. The summed E-state index contributed by atoms with van der Waals surface area (Å²) in [5.41, 5.74) is 1.10. The zero-order chi connectivity index (χ0) is 13.0. The molecule has 100 valence electrons. The Hall–Kier alpha value is -0.740. The minimum atomic E-state index is 0.394. The van der Waals surface area contributed by atoms with E-state index in [4.69, 9.17) is 9.47 Å². The van der Waals surface area contributed by atoms with Gasteiger partial charge in [-0.15, -0.1) is 0 Å². The van der Waals surface area contributed by atoms with Gasteiger partial charge in [0.2, 0.25) is 0 Å². The minimum Gasteiger partial charge on any atom is -0.497 e. The molecule has 3 nitrogen and oxygen atoms in total. The van der Waals surface area contributed by atoms with Gasteiger partial charge in [0.25, 0.3) is 0 Å². The number of hydrogen-bond acceptors (Lipinski definition) is 3. The van der Waals surface area contributed by atoms with Crippen LogP contribution in [-0.4, -0.2) is 25.9 Å². The molecule has 0 radical (unpaired) electrons. The number of benzene rings is 1. The predicted octanol–water partition coefficient (Wildman–Crippen LogP) is 3.83. The van der Waals surface area contributed by atoms with Crippen molar-refractivity contribution in [3.63, 3.8) is 0 Å². The van der Waals surface area contributed by atoms with Gasteiger partial charge >= 0.3 is 0 Å². The van der Waals surface area contributed by atoms with Gasteiger partial charge in [0, 0.05) is 28.9 Å². The Kier molecular flexibility index (Phi) is 4.89. The molecule has 1 heterocycles. The van der Waals surface area contributed by atoms with Crippen molar-refractivity contribution in [3.05, 3.63) is 22.7 Å². The normalized spacial score (nSPS) is 23.7. The Morgan fingerprint density at radius 3 is 3.00 bits per heavy atom. The fraction of sp³-hybridized carbons (Fsp3) is 0.571. The van der Waals surface area contributed by atoms with Crippen LogP contribution in [0.4, 0.5) is 5.69 Å². The van der Waals surface area contributed by atoms with E-state index >= 15 is 0 Å². The highest BCUT2D eigenvalue weighted by Crippen LogP contribution is 2.27. The molecule has 0 saturated carbocycles. The first kappa shape index (κ1) is 13.7. The molecular formula is C14H20BrNO2. The van der Waals surface area contributed by atoms with Gasteiger partial charge in [0.1, 0.15) is 5.75 Å². The lowest BCUT2D eigenvalue weighted by Gasteiger charge is -2.30. The van der Waals surface area contributed by atoms with Crippen LogP contribution in [0.2, 0.25) is 0 Å². The van der Waals surface area contributed by atoms with E-state index in [9.17, 15) is 0 Å². The average molecular weight is 314 g/mol. The first-order chi connectivity index (χ1) is 8.71. The molecule has 0 spiro atoms. The summed E-state index contributed by atoms with van der Waals surface area (Å²) in [4.78, 5) is 0. The van der Waals surface area contributed by atoms with Crippen molar-refractivity contribution in [2.45, 2.75) is 38.3 Å². The van der Waals surface area contributed by atoms with Gasteiger partial charge in [-0.05, 0) is 31.4 Å². The van der Waals surface area contributed by atoms with Crippen LogP contribution in [0.15, 0.2) is 22.7 Å².